The number of H-pyrrole nitrogens is 1. The Hall–Kier alpha value is -2.47. The van der Waals surface area contributed by atoms with Crippen molar-refractivity contribution in [3.05, 3.63) is 45.8 Å². The van der Waals surface area contributed by atoms with Crippen molar-refractivity contribution in [2.45, 2.75) is 0 Å². The van der Waals surface area contributed by atoms with Crippen LogP contribution in [0.4, 0.5) is 5.95 Å². The van der Waals surface area contributed by atoms with Crippen LogP contribution in [-0.4, -0.2) is 19.9 Å². The average molecular weight is 274 g/mol. The summed E-state index contributed by atoms with van der Waals surface area (Å²) < 4.78 is 0. The van der Waals surface area contributed by atoms with Crippen molar-refractivity contribution in [2.24, 2.45) is 0 Å². The molecule has 0 atom stereocenters. The SMILES string of the molecule is Nc1ncc2c(=O)[nH]c(-c3ccccc3Cl)nc2n1. The van der Waals surface area contributed by atoms with E-state index in [0.717, 1.165) is 0 Å². The number of hydrogen-bond donors (Lipinski definition) is 2. The van der Waals surface area contributed by atoms with Crippen molar-refractivity contribution in [2.75, 3.05) is 5.73 Å². The summed E-state index contributed by atoms with van der Waals surface area (Å²) in [5.41, 5.74) is 6.03. The molecule has 0 aliphatic rings. The number of nitrogen functional groups attached to an aromatic ring is 1. The highest BCUT2D eigenvalue weighted by atomic mass is 35.5. The van der Waals surface area contributed by atoms with Gasteiger partial charge >= 0.3 is 0 Å². The van der Waals surface area contributed by atoms with Crippen LogP contribution in [-0.2, 0) is 0 Å². The third-order valence-electron chi connectivity index (χ3n) is 2.61. The lowest BCUT2D eigenvalue weighted by atomic mass is 10.2. The number of hydrogen-bond acceptors (Lipinski definition) is 5. The third-order valence-corrected chi connectivity index (χ3v) is 2.94. The Morgan fingerprint density at radius 2 is 2.00 bits per heavy atom. The Morgan fingerprint density at radius 1 is 1.21 bits per heavy atom. The van der Waals surface area contributed by atoms with Gasteiger partial charge in [0.15, 0.2) is 5.65 Å². The molecule has 0 radical (unpaired) electrons. The lowest BCUT2D eigenvalue weighted by Gasteiger charge is -2.04. The number of fused-ring (bicyclic) bond motifs is 1. The number of aromatic amines is 1. The summed E-state index contributed by atoms with van der Waals surface area (Å²) in [6, 6.07) is 7.08. The van der Waals surface area contributed by atoms with Crippen molar-refractivity contribution >= 4 is 28.6 Å². The van der Waals surface area contributed by atoms with E-state index in [9.17, 15) is 4.79 Å². The molecule has 0 fully saturated rings. The molecule has 0 spiro atoms. The molecule has 0 amide bonds. The van der Waals surface area contributed by atoms with Crippen molar-refractivity contribution in [1.29, 1.82) is 0 Å². The van der Waals surface area contributed by atoms with Crippen LogP contribution in [0.2, 0.25) is 5.02 Å². The molecular weight excluding hydrogens is 266 g/mol. The van der Waals surface area contributed by atoms with Gasteiger partial charge in [-0.15, -0.1) is 0 Å². The number of nitrogens with zero attached hydrogens (tertiary/aromatic N) is 3. The fraction of sp³-hybridized carbons (Fsp3) is 0. The highest BCUT2D eigenvalue weighted by molar-refractivity contribution is 6.33. The molecule has 94 valence electrons. The highest BCUT2D eigenvalue weighted by Gasteiger charge is 2.10. The lowest BCUT2D eigenvalue weighted by Crippen LogP contribution is -2.12. The molecule has 2 heterocycles. The molecule has 3 rings (SSSR count). The smallest absolute Gasteiger partial charge is 0.262 e. The fourth-order valence-corrected chi connectivity index (χ4v) is 1.95. The Kier molecular flexibility index (Phi) is 2.64. The first-order chi connectivity index (χ1) is 9.15. The molecule has 0 aliphatic carbocycles. The number of anilines is 1. The van der Waals surface area contributed by atoms with E-state index in [-0.39, 0.29) is 22.5 Å². The van der Waals surface area contributed by atoms with E-state index in [1.807, 2.05) is 0 Å². The van der Waals surface area contributed by atoms with Crippen molar-refractivity contribution in [3.8, 4) is 11.4 Å². The van der Waals surface area contributed by atoms with Gasteiger partial charge in [-0.1, -0.05) is 23.7 Å². The van der Waals surface area contributed by atoms with Gasteiger partial charge in [-0.3, -0.25) is 4.79 Å². The van der Waals surface area contributed by atoms with Gasteiger partial charge in [0.05, 0.1) is 5.02 Å². The lowest BCUT2D eigenvalue weighted by molar-refractivity contribution is 1.12. The standard InChI is InChI=1S/C12H8ClN5O/c13-8-4-2-1-3-6(8)9-16-10-7(11(19)17-9)5-15-12(14)18-10/h1-5H,(H3,14,15,16,17,18,19). The molecule has 1 aromatic carbocycles. The van der Waals surface area contributed by atoms with E-state index in [4.69, 9.17) is 17.3 Å². The molecule has 2 aromatic heterocycles. The minimum atomic E-state index is -0.333. The molecule has 6 nitrogen and oxygen atoms in total. The maximum atomic E-state index is 11.9. The second-order valence-electron chi connectivity index (χ2n) is 3.86. The van der Waals surface area contributed by atoms with Gasteiger partial charge < -0.3 is 10.7 Å². The molecule has 3 aromatic rings. The Balaban J connectivity index is 2.32. The molecule has 3 N–H and O–H groups in total. The zero-order chi connectivity index (χ0) is 13.4. The molecule has 0 bridgehead atoms. The molecular formula is C12H8ClN5O. The van der Waals surface area contributed by atoms with Gasteiger partial charge in [-0.05, 0) is 12.1 Å². The number of nitrogens with one attached hydrogen (secondary N) is 1. The fourth-order valence-electron chi connectivity index (χ4n) is 1.72. The summed E-state index contributed by atoms with van der Waals surface area (Å²) in [5, 5.41) is 0.775. The van der Waals surface area contributed by atoms with Crippen LogP contribution >= 0.6 is 11.6 Å². The first-order valence-electron chi connectivity index (χ1n) is 5.42. The topological polar surface area (TPSA) is 97.5 Å². The van der Waals surface area contributed by atoms with Crippen LogP contribution in [0.25, 0.3) is 22.4 Å². The van der Waals surface area contributed by atoms with Gasteiger partial charge in [0.25, 0.3) is 5.56 Å². The maximum absolute atomic E-state index is 11.9. The number of aromatic nitrogens is 4. The van der Waals surface area contributed by atoms with Crippen LogP contribution < -0.4 is 11.3 Å². The highest BCUT2D eigenvalue weighted by Crippen LogP contribution is 2.24. The van der Waals surface area contributed by atoms with Crippen molar-refractivity contribution < 1.29 is 0 Å². The summed E-state index contributed by atoms with van der Waals surface area (Å²) in [7, 11) is 0. The Morgan fingerprint density at radius 3 is 2.79 bits per heavy atom. The van der Waals surface area contributed by atoms with E-state index in [1.165, 1.54) is 6.20 Å². The molecule has 0 saturated heterocycles. The zero-order valence-corrected chi connectivity index (χ0v) is 10.3. The van der Waals surface area contributed by atoms with Crippen LogP contribution in [0.1, 0.15) is 0 Å². The van der Waals surface area contributed by atoms with Gasteiger partial charge in [-0.2, -0.15) is 4.98 Å². The van der Waals surface area contributed by atoms with E-state index >= 15 is 0 Å². The first kappa shape index (κ1) is 11.6. The third kappa shape index (κ3) is 2.02. The number of benzene rings is 1. The molecule has 0 unspecified atom stereocenters. The summed E-state index contributed by atoms with van der Waals surface area (Å²) in [5.74, 6) is 0.414. The van der Waals surface area contributed by atoms with Crippen molar-refractivity contribution in [3.63, 3.8) is 0 Å². The summed E-state index contributed by atoms with van der Waals surface area (Å²) in [6.07, 6.45) is 1.35. The van der Waals surface area contributed by atoms with Gasteiger partial charge in [0.2, 0.25) is 5.95 Å². The average Bonchev–Trinajstić information content (AvgIpc) is 2.38. The zero-order valence-electron chi connectivity index (χ0n) is 9.59. The predicted octanol–water partition coefficient (Wildman–Crippen LogP) is 1.62. The molecule has 19 heavy (non-hydrogen) atoms. The van der Waals surface area contributed by atoms with Gasteiger partial charge in [0.1, 0.15) is 11.2 Å². The minimum Gasteiger partial charge on any atom is -0.368 e. The Labute approximate surface area is 112 Å². The molecule has 0 aliphatic heterocycles. The van der Waals surface area contributed by atoms with Crippen LogP contribution in [0.3, 0.4) is 0 Å². The molecule has 0 saturated carbocycles. The molecule has 7 heteroatoms. The first-order valence-corrected chi connectivity index (χ1v) is 5.80. The van der Waals surface area contributed by atoms with Crippen LogP contribution in [0.5, 0.6) is 0 Å². The number of rotatable bonds is 1. The summed E-state index contributed by atoms with van der Waals surface area (Å²) in [4.78, 5) is 26.6. The normalized spacial score (nSPS) is 10.8. The quantitative estimate of drug-likeness (QED) is 0.702. The van der Waals surface area contributed by atoms with Gasteiger partial charge in [0, 0.05) is 11.8 Å². The monoisotopic (exact) mass is 273 g/mol. The van der Waals surface area contributed by atoms with Crippen molar-refractivity contribution in [1.82, 2.24) is 19.9 Å². The Bertz CT molecular complexity index is 830. The second kappa shape index (κ2) is 4.33. The van der Waals surface area contributed by atoms with Crippen LogP contribution in [0.15, 0.2) is 35.3 Å². The van der Waals surface area contributed by atoms with Crippen LogP contribution in [0, 0.1) is 0 Å². The largest absolute Gasteiger partial charge is 0.368 e. The maximum Gasteiger partial charge on any atom is 0.262 e. The summed E-state index contributed by atoms with van der Waals surface area (Å²) >= 11 is 6.07. The minimum absolute atomic E-state index is 0.0655. The summed E-state index contributed by atoms with van der Waals surface area (Å²) in [6.45, 7) is 0. The second-order valence-corrected chi connectivity index (χ2v) is 4.27. The number of nitrogens with two attached hydrogens (primary N) is 1. The van der Waals surface area contributed by atoms with Gasteiger partial charge in [-0.25, -0.2) is 9.97 Å². The number of halogens is 1. The van der Waals surface area contributed by atoms with E-state index in [2.05, 4.69) is 19.9 Å². The van der Waals surface area contributed by atoms with E-state index < -0.39 is 0 Å². The van der Waals surface area contributed by atoms with E-state index in [0.29, 0.717) is 16.4 Å². The van der Waals surface area contributed by atoms with E-state index in [1.54, 1.807) is 24.3 Å². The predicted molar refractivity (Wildman–Crippen MR) is 72.8 cm³/mol.